The molecule has 2 aromatic rings. The van der Waals surface area contributed by atoms with Crippen molar-refractivity contribution >= 4 is 5.97 Å². The number of ether oxygens (including phenoxy) is 3. The van der Waals surface area contributed by atoms with E-state index in [1.54, 1.807) is 41.5 Å². The highest BCUT2D eigenvalue weighted by atomic mass is 19.4. The fourth-order valence-electron chi connectivity index (χ4n) is 2.48. The summed E-state index contributed by atoms with van der Waals surface area (Å²) >= 11 is 0. The molecule has 0 fully saturated rings. The third kappa shape index (κ3) is 5.78. The van der Waals surface area contributed by atoms with Gasteiger partial charge in [0.1, 0.15) is 23.6 Å². The summed E-state index contributed by atoms with van der Waals surface area (Å²) in [5.41, 5.74) is 5.37. The number of carbonyl (C=O) groups excluding carboxylic acids is 1. The van der Waals surface area contributed by atoms with Crippen molar-refractivity contribution in [3.8, 4) is 11.6 Å². The molecule has 31 heavy (non-hydrogen) atoms. The van der Waals surface area contributed by atoms with Gasteiger partial charge in [0.25, 0.3) is 0 Å². The van der Waals surface area contributed by atoms with Gasteiger partial charge in [0.2, 0.25) is 5.88 Å². The first-order valence-corrected chi connectivity index (χ1v) is 8.93. The van der Waals surface area contributed by atoms with Crippen molar-refractivity contribution in [3.05, 3.63) is 89.9 Å². The van der Waals surface area contributed by atoms with Crippen LogP contribution in [0.3, 0.4) is 0 Å². The third-order valence-electron chi connectivity index (χ3n) is 4.12. The zero-order chi connectivity index (χ0) is 22.4. The monoisotopic (exact) mass is 433 g/mol. The van der Waals surface area contributed by atoms with E-state index in [0.717, 1.165) is 18.4 Å². The fraction of sp³-hybridized carbons (Fsp3) is 0.143. The van der Waals surface area contributed by atoms with E-state index in [4.69, 9.17) is 19.9 Å². The molecular weight excluding hydrogens is 415 g/mol. The van der Waals surface area contributed by atoms with Gasteiger partial charge in [0.15, 0.2) is 0 Å². The predicted octanol–water partition coefficient (Wildman–Crippen LogP) is 3.82. The van der Waals surface area contributed by atoms with Crippen molar-refractivity contribution in [2.24, 2.45) is 5.73 Å². The van der Waals surface area contributed by atoms with Gasteiger partial charge in [-0.1, -0.05) is 6.07 Å². The van der Waals surface area contributed by atoms with Crippen molar-refractivity contribution in [3.63, 3.8) is 0 Å². The molecule has 10 heteroatoms. The van der Waals surface area contributed by atoms with E-state index >= 15 is 0 Å². The summed E-state index contributed by atoms with van der Waals surface area (Å²) in [6.07, 6.45) is 2.12. The molecular formula is C21H18F3N3O4. The quantitative estimate of drug-likeness (QED) is 0.548. The average Bonchev–Trinajstić information content (AvgIpc) is 2.77. The van der Waals surface area contributed by atoms with Gasteiger partial charge in [-0.25, -0.2) is 9.78 Å². The number of nitrogens with two attached hydrogens (primary N) is 1. The van der Waals surface area contributed by atoms with Gasteiger partial charge < -0.3 is 24.8 Å². The minimum atomic E-state index is -4.46. The minimum absolute atomic E-state index is 0.0214. The Morgan fingerprint density at radius 2 is 2.06 bits per heavy atom. The number of nitrogens with zero attached hydrogens (tertiary/aromatic N) is 2. The van der Waals surface area contributed by atoms with Crippen LogP contribution in [0.2, 0.25) is 0 Å². The van der Waals surface area contributed by atoms with Crippen LogP contribution in [0.1, 0.15) is 15.9 Å². The number of esters is 1. The van der Waals surface area contributed by atoms with Gasteiger partial charge >= 0.3 is 12.1 Å². The standard InChI is InChI=1S/C21H18F3N3O4/c1-29-17-4-2-3-14(11-17)20(28)30-13-18(25)27-9-7-16(8-10-27)31-19-6-5-15(12-26-19)21(22,23)24/h2-9,11-13H,10,25H2,1H3/b18-13+. The smallest absolute Gasteiger partial charge is 0.417 e. The van der Waals surface area contributed by atoms with Crippen LogP contribution < -0.4 is 15.2 Å². The molecule has 162 valence electrons. The molecule has 1 aromatic heterocycles. The Kier molecular flexibility index (Phi) is 6.49. The zero-order valence-corrected chi connectivity index (χ0v) is 16.3. The first-order valence-electron chi connectivity index (χ1n) is 8.93. The maximum atomic E-state index is 12.6. The van der Waals surface area contributed by atoms with Crippen LogP contribution in [0.5, 0.6) is 11.6 Å². The number of hydrogen-bond donors (Lipinski definition) is 1. The van der Waals surface area contributed by atoms with E-state index in [9.17, 15) is 18.0 Å². The number of hydrogen-bond acceptors (Lipinski definition) is 7. The zero-order valence-electron chi connectivity index (χ0n) is 16.3. The summed E-state index contributed by atoms with van der Waals surface area (Å²) in [5.74, 6) is 0.481. The predicted molar refractivity (Wildman–Crippen MR) is 104 cm³/mol. The highest BCUT2D eigenvalue weighted by Crippen LogP contribution is 2.29. The molecule has 7 nitrogen and oxygen atoms in total. The topological polar surface area (TPSA) is 86.9 Å². The van der Waals surface area contributed by atoms with Crippen molar-refractivity contribution in [2.45, 2.75) is 6.18 Å². The van der Waals surface area contributed by atoms with Crippen LogP contribution >= 0.6 is 0 Å². The van der Waals surface area contributed by atoms with Gasteiger partial charge in [0.05, 0.1) is 18.2 Å². The second-order valence-electron chi connectivity index (χ2n) is 6.24. The minimum Gasteiger partial charge on any atom is -0.497 e. The molecule has 2 heterocycles. The van der Waals surface area contributed by atoms with E-state index in [1.165, 1.54) is 13.2 Å². The molecule has 0 saturated carbocycles. The van der Waals surface area contributed by atoms with Crippen LogP contribution in [0.15, 0.2) is 78.8 Å². The lowest BCUT2D eigenvalue weighted by molar-refractivity contribution is -0.137. The number of pyridine rings is 1. The molecule has 3 rings (SSSR count). The lowest BCUT2D eigenvalue weighted by Gasteiger charge is -2.22. The summed E-state index contributed by atoms with van der Waals surface area (Å²) in [6, 6.07) is 8.50. The van der Waals surface area contributed by atoms with Crippen LogP contribution in [-0.4, -0.2) is 29.5 Å². The summed E-state index contributed by atoms with van der Waals surface area (Å²) in [5, 5.41) is 0. The maximum absolute atomic E-state index is 12.6. The maximum Gasteiger partial charge on any atom is 0.417 e. The Labute approximate surface area is 175 Å². The number of halogens is 3. The summed E-state index contributed by atoms with van der Waals surface area (Å²) < 4.78 is 53.3. The first kappa shape index (κ1) is 21.8. The molecule has 0 bridgehead atoms. The van der Waals surface area contributed by atoms with Gasteiger partial charge in [0, 0.05) is 25.0 Å². The lowest BCUT2D eigenvalue weighted by atomic mass is 10.2. The van der Waals surface area contributed by atoms with Crippen LogP contribution in [0.25, 0.3) is 0 Å². The number of alkyl halides is 3. The van der Waals surface area contributed by atoms with E-state index < -0.39 is 17.7 Å². The average molecular weight is 433 g/mol. The molecule has 0 aliphatic carbocycles. The molecule has 2 N–H and O–H groups in total. The fourth-order valence-corrected chi connectivity index (χ4v) is 2.48. The lowest BCUT2D eigenvalue weighted by Crippen LogP contribution is -2.25. The van der Waals surface area contributed by atoms with E-state index in [0.29, 0.717) is 23.3 Å². The van der Waals surface area contributed by atoms with E-state index in [2.05, 4.69) is 4.98 Å². The third-order valence-corrected chi connectivity index (χ3v) is 4.12. The highest BCUT2D eigenvalue weighted by molar-refractivity contribution is 5.90. The number of carbonyl (C=O) groups is 1. The summed E-state index contributed by atoms with van der Waals surface area (Å²) in [6.45, 7) is 0.283. The van der Waals surface area contributed by atoms with Crippen molar-refractivity contribution < 1.29 is 32.2 Å². The molecule has 0 unspecified atom stereocenters. The van der Waals surface area contributed by atoms with E-state index in [1.807, 2.05) is 0 Å². The Morgan fingerprint density at radius 1 is 1.26 bits per heavy atom. The normalized spacial score (nSPS) is 14.1. The number of benzene rings is 1. The van der Waals surface area contributed by atoms with Gasteiger partial charge in [-0.3, -0.25) is 0 Å². The Bertz CT molecular complexity index is 1030. The molecule has 0 saturated heterocycles. The molecule has 1 aromatic carbocycles. The molecule has 0 spiro atoms. The highest BCUT2D eigenvalue weighted by Gasteiger charge is 2.30. The Morgan fingerprint density at radius 3 is 2.68 bits per heavy atom. The van der Waals surface area contributed by atoms with Crippen LogP contribution in [-0.2, 0) is 10.9 Å². The second-order valence-corrected chi connectivity index (χ2v) is 6.24. The van der Waals surface area contributed by atoms with Crippen LogP contribution in [0.4, 0.5) is 13.2 Å². The number of rotatable bonds is 6. The van der Waals surface area contributed by atoms with E-state index in [-0.39, 0.29) is 18.2 Å². The number of aromatic nitrogens is 1. The second kappa shape index (κ2) is 9.24. The van der Waals surface area contributed by atoms with Gasteiger partial charge in [-0.15, -0.1) is 0 Å². The number of allylic oxidation sites excluding steroid dienone is 1. The van der Waals surface area contributed by atoms with Crippen molar-refractivity contribution in [1.82, 2.24) is 9.88 Å². The number of methoxy groups -OCH3 is 1. The summed E-state index contributed by atoms with van der Waals surface area (Å²) in [4.78, 5) is 17.3. The molecule has 0 amide bonds. The molecule has 1 aliphatic heterocycles. The molecule has 1 aliphatic rings. The van der Waals surface area contributed by atoms with Crippen molar-refractivity contribution in [1.29, 1.82) is 0 Å². The van der Waals surface area contributed by atoms with Gasteiger partial charge in [-0.05, 0) is 36.4 Å². The first-order chi connectivity index (χ1) is 14.8. The van der Waals surface area contributed by atoms with Gasteiger partial charge in [-0.2, -0.15) is 13.2 Å². The summed E-state index contributed by atoms with van der Waals surface area (Å²) in [7, 11) is 1.49. The molecule has 0 radical (unpaired) electrons. The van der Waals surface area contributed by atoms with Crippen LogP contribution in [0, 0.1) is 0 Å². The Hall–Kier alpha value is -3.95. The largest absolute Gasteiger partial charge is 0.497 e. The Balaban J connectivity index is 1.55. The van der Waals surface area contributed by atoms with Crippen molar-refractivity contribution in [2.75, 3.05) is 13.7 Å². The molecule has 0 atom stereocenters. The SMILES string of the molecule is COc1cccc(C(=O)O/C=C(\N)N2C=CC(Oc3ccc(C(F)(F)F)cn3)=CC2)c1.